The number of nitrogens with one attached hydrogen (secondary N) is 4. The molecule has 12 nitrogen and oxygen atoms in total. The summed E-state index contributed by atoms with van der Waals surface area (Å²) in [7, 11) is 0. The van der Waals surface area contributed by atoms with Crippen LogP contribution in [0.25, 0.3) is 0 Å². The van der Waals surface area contributed by atoms with E-state index in [1.54, 1.807) is 20.8 Å². The van der Waals surface area contributed by atoms with E-state index in [1.165, 1.54) is 11.0 Å². The first-order valence-electron chi connectivity index (χ1n) is 14.2. The van der Waals surface area contributed by atoms with Gasteiger partial charge < -0.3 is 30.9 Å². The summed E-state index contributed by atoms with van der Waals surface area (Å²) in [6.45, 7) is 10.7. The summed E-state index contributed by atoms with van der Waals surface area (Å²) >= 11 is 0. The smallest absolute Gasteiger partial charge is 0.325 e. The fourth-order valence-electron chi connectivity index (χ4n) is 4.48. The van der Waals surface area contributed by atoms with E-state index >= 15 is 0 Å². The number of benzene rings is 1. The Bertz CT molecular complexity index is 1130. The van der Waals surface area contributed by atoms with Gasteiger partial charge >= 0.3 is 12.0 Å². The molecule has 0 aromatic heterocycles. The van der Waals surface area contributed by atoms with Gasteiger partial charge in [-0.15, -0.1) is 6.58 Å². The van der Waals surface area contributed by atoms with Crippen molar-refractivity contribution >= 4 is 35.5 Å². The number of ether oxygens (including phenoxy) is 1. The van der Waals surface area contributed by atoms with Crippen LogP contribution in [0.4, 0.5) is 4.79 Å². The van der Waals surface area contributed by atoms with Gasteiger partial charge in [0.1, 0.15) is 25.2 Å². The highest BCUT2D eigenvalue weighted by molar-refractivity contribution is 6.38. The predicted octanol–water partition coefficient (Wildman–Crippen LogP) is 1.59. The molecule has 2 rings (SSSR count). The van der Waals surface area contributed by atoms with Gasteiger partial charge in [0, 0.05) is 13.1 Å². The number of esters is 1. The minimum Gasteiger partial charge on any atom is -0.460 e. The van der Waals surface area contributed by atoms with E-state index in [0.29, 0.717) is 19.3 Å². The molecule has 4 N–H and O–H groups in total. The molecule has 1 aromatic carbocycles. The van der Waals surface area contributed by atoms with Gasteiger partial charge in [0.25, 0.3) is 5.91 Å². The number of amides is 5. The Balaban J connectivity index is 2.02. The van der Waals surface area contributed by atoms with Crippen molar-refractivity contribution in [3.8, 4) is 0 Å². The van der Waals surface area contributed by atoms with Gasteiger partial charge in [-0.3, -0.25) is 24.0 Å². The van der Waals surface area contributed by atoms with Crippen molar-refractivity contribution in [2.75, 3.05) is 19.6 Å². The molecule has 3 atom stereocenters. The first kappa shape index (κ1) is 34.0. The molecule has 1 saturated heterocycles. The molecule has 0 bridgehead atoms. The average molecular weight is 586 g/mol. The van der Waals surface area contributed by atoms with Crippen LogP contribution >= 0.6 is 0 Å². The van der Waals surface area contributed by atoms with Crippen molar-refractivity contribution in [3.63, 3.8) is 0 Å². The fraction of sp³-hybridized carbons (Fsp3) is 0.533. The Labute approximate surface area is 247 Å². The third-order valence-electron chi connectivity index (χ3n) is 6.70. The summed E-state index contributed by atoms with van der Waals surface area (Å²) in [5, 5.41) is 10.1. The van der Waals surface area contributed by atoms with E-state index in [4.69, 9.17) is 4.74 Å². The highest BCUT2D eigenvalue weighted by atomic mass is 16.5. The molecule has 42 heavy (non-hydrogen) atoms. The number of carbonyl (C=O) groups is 6. The van der Waals surface area contributed by atoms with Crippen molar-refractivity contribution < 1.29 is 33.5 Å². The lowest BCUT2D eigenvalue weighted by Gasteiger charge is -2.35. The SMILES string of the molecule is C=CCNC(=O)C(=O)C(CCC)NC(=O)C1CCCN1C(=O)C(NC(=O)NCC(=O)OCc1ccccc1)C(C)(C)C. The molecule has 230 valence electrons. The van der Waals surface area contributed by atoms with Crippen LogP contribution in [0.3, 0.4) is 0 Å². The monoisotopic (exact) mass is 585 g/mol. The molecule has 12 heteroatoms. The second kappa shape index (κ2) is 16.3. The summed E-state index contributed by atoms with van der Waals surface area (Å²) < 4.78 is 5.17. The number of likely N-dealkylation sites (tertiary alicyclic amines) is 1. The number of hydrogen-bond acceptors (Lipinski definition) is 7. The molecule has 3 unspecified atom stereocenters. The Morgan fingerprint density at radius 1 is 1.07 bits per heavy atom. The zero-order valence-electron chi connectivity index (χ0n) is 24.9. The lowest BCUT2D eigenvalue weighted by Crippen LogP contribution is -2.60. The minimum absolute atomic E-state index is 0.0642. The van der Waals surface area contributed by atoms with Gasteiger partial charge in [-0.2, -0.15) is 0 Å². The average Bonchev–Trinajstić information content (AvgIpc) is 3.46. The van der Waals surface area contributed by atoms with E-state index in [2.05, 4.69) is 27.8 Å². The minimum atomic E-state index is -1.03. The lowest BCUT2D eigenvalue weighted by molar-refractivity contribution is -0.144. The number of urea groups is 1. The Morgan fingerprint density at radius 2 is 1.76 bits per heavy atom. The highest BCUT2D eigenvalue weighted by Crippen LogP contribution is 2.26. The molecule has 1 heterocycles. The van der Waals surface area contributed by atoms with Gasteiger partial charge in [-0.1, -0.05) is 70.5 Å². The first-order valence-corrected chi connectivity index (χ1v) is 14.2. The normalized spacial score (nSPS) is 16.0. The first-order chi connectivity index (χ1) is 19.9. The molecular formula is C30H43N5O7. The van der Waals surface area contributed by atoms with Crippen LogP contribution in [0.15, 0.2) is 43.0 Å². The Kier molecular flexibility index (Phi) is 13.2. The van der Waals surface area contributed by atoms with Gasteiger partial charge in [-0.25, -0.2) is 4.79 Å². The molecule has 0 radical (unpaired) electrons. The van der Waals surface area contributed by atoms with Crippen LogP contribution in [-0.4, -0.2) is 78.2 Å². The molecule has 0 aliphatic carbocycles. The molecule has 5 amide bonds. The third-order valence-corrected chi connectivity index (χ3v) is 6.70. The number of Topliss-reactive ketones (excluding diaryl/α,β-unsaturated/α-hetero) is 1. The summed E-state index contributed by atoms with van der Waals surface area (Å²) in [4.78, 5) is 78.0. The second-order valence-electron chi connectivity index (χ2n) is 11.2. The molecule has 1 fully saturated rings. The number of nitrogens with zero attached hydrogens (tertiary/aromatic N) is 1. The largest absolute Gasteiger partial charge is 0.460 e. The van der Waals surface area contributed by atoms with Crippen LogP contribution < -0.4 is 21.3 Å². The topological polar surface area (TPSA) is 163 Å². The van der Waals surface area contributed by atoms with Crippen LogP contribution in [0, 0.1) is 5.41 Å². The van der Waals surface area contributed by atoms with Crippen molar-refractivity contribution in [3.05, 3.63) is 48.6 Å². The maximum Gasteiger partial charge on any atom is 0.325 e. The molecule has 1 aliphatic heterocycles. The maximum absolute atomic E-state index is 13.7. The standard InChI is InChI=1S/C30H43N5O7/c1-6-12-21(24(37)27(39)31-16-7-2)33-26(38)22-15-11-17-35(22)28(40)25(30(3,4)5)34-29(41)32-18-23(36)42-19-20-13-9-8-10-14-20/h7-10,13-14,21-22,25H,2,6,11-12,15-19H2,1,3-5H3,(H,31,39)(H,33,38)(H2,32,34,41). The van der Waals surface area contributed by atoms with Crippen LogP contribution in [0.2, 0.25) is 0 Å². The predicted molar refractivity (Wildman–Crippen MR) is 156 cm³/mol. The summed E-state index contributed by atoms with van der Waals surface area (Å²) in [6.07, 6.45) is 3.16. The lowest BCUT2D eigenvalue weighted by atomic mass is 9.85. The van der Waals surface area contributed by atoms with Crippen LogP contribution in [0.1, 0.15) is 58.9 Å². The van der Waals surface area contributed by atoms with E-state index in [9.17, 15) is 28.8 Å². The van der Waals surface area contributed by atoms with E-state index < -0.39 is 65.6 Å². The van der Waals surface area contributed by atoms with Crippen molar-refractivity contribution in [1.29, 1.82) is 0 Å². The number of carbonyl (C=O) groups excluding carboxylic acids is 6. The number of ketones is 1. The van der Waals surface area contributed by atoms with Crippen molar-refractivity contribution in [2.45, 2.75) is 78.1 Å². The fourth-order valence-corrected chi connectivity index (χ4v) is 4.48. The van der Waals surface area contributed by atoms with Gasteiger partial charge in [0.2, 0.25) is 17.6 Å². The summed E-state index contributed by atoms with van der Waals surface area (Å²) in [5.41, 5.74) is 0.0646. The third kappa shape index (κ3) is 10.3. The van der Waals surface area contributed by atoms with E-state index in [0.717, 1.165) is 5.56 Å². The quantitative estimate of drug-likeness (QED) is 0.146. The second-order valence-corrected chi connectivity index (χ2v) is 11.2. The van der Waals surface area contributed by atoms with Gasteiger partial charge in [-0.05, 0) is 30.2 Å². The molecule has 0 spiro atoms. The Hall–Kier alpha value is -4.22. The van der Waals surface area contributed by atoms with Crippen molar-refractivity contribution in [1.82, 2.24) is 26.2 Å². The van der Waals surface area contributed by atoms with E-state index in [-0.39, 0.29) is 26.1 Å². The van der Waals surface area contributed by atoms with Crippen LogP contribution in [-0.2, 0) is 35.3 Å². The summed E-state index contributed by atoms with van der Waals surface area (Å²) in [6, 6.07) is 5.43. The van der Waals surface area contributed by atoms with Gasteiger partial charge in [0.15, 0.2) is 0 Å². The maximum atomic E-state index is 13.7. The van der Waals surface area contributed by atoms with Crippen molar-refractivity contribution in [2.24, 2.45) is 5.41 Å². The molecule has 1 aliphatic rings. The van der Waals surface area contributed by atoms with Gasteiger partial charge in [0.05, 0.1) is 6.04 Å². The number of hydrogen-bond donors (Lipinski definition) is 4. The summed E-state index contributed by atoms with van der Waals surface area (Å²) in [5.74, 6) is -3.24. The molecular weight excluding hydrogens is 542 g/mol. The highest BCUT2D eigenvalue weighted by Gasteiger charge is 2.42. The molecule has 0 saturated carbocycles. The molecule has 1 aromatic rings. The number of rotatable bonds is 14. The van der Waals surface area contributed by atoms with Crippen LogP contribution in [0.5, 0.6) is 0 Å². The zero-order chi connectivity index (χ0) is 31.3. The van der Waals surface area contributed by atoms with E-state index in [1.807, 2.05) is 37.3 Å². The zero-order valence-corrected chi connectivity index (χ0v) is 24.9. The Morgan fingerprint density at radius 3 is 2.38 bits per heavy atom.